The molecule has 1 unspecified atom stereocenters. The fraction of sp³-hybridized carbons (Fsp3) is 0.583. The molecule has 0 radical (unpaired) electrons. The lowest BCUT2D eigenvalue weighted by atomic mass is 10.1. The number of methoxy groups -OCH3 is 1. The standard InChI is InChI=1S/C12H17N3O3/c1-8-13-10(6-11(14-8)18-2)15-4-3-9(7-15)5-12(16)17/h6,9H,3-5,7H2,1-2H3,(H,16,17). The van der Waals surface area contributed by atoms with Gasteiger partial charge in [-0.25, -0.2) is 4.98 Å². The molecule has 1 aliphatic heterocycles. The summed E-state index contributed by atoms with van der Waals surface area (Å²) in [4.78, 5) is 21.3. The molecule has 18 heavy (non-hydrogen) atoms. The Bertz CT molecular complexity index is 450. The Labute approximate surface area is 106 Å². The minimum atomic E-state index is -0.738. The van der Waals surface area contributed by atoms with E-state index in [2.05, 4.69) is 14.9 Å². The monoisotopic (exact) mass is 251 g/mol. The number of aliphatic carboxylic acids is 1. The molecule has 0 amide bonds. The molecule has 1 aromatic rings. The number of aryl methyl sites for hydroxylation is 1. The Morgan fingerprint density at radius 1 is 1.61 bits per heavy atom. The third-order valence-electron chi connectivity index (χ3n) is 3.08. The van der Waals surface area contributed by atoms with Crippen LogP contribution in [-0.4, -0.2) is 41.2 Å². The first-order valence-electron chi connectivity index (χ1n) is 5.95. The largest absolute Gasteiger partial charge is 0.481 e. The second kappa shape index (κ2) is 5.20. The molecule has 1 fully saturated rings. The molecule has 1 saturated heterocycles. The van der Waals surface area contributed by atoms with E-state index in [1.165, 1.54) is 0 Å². The van der Waals surface area contributed by atoms with Gasteiger partial charge < -0.3 is 14.7 Å². The van der Waals surface area contributed by atoms with Gasteiger partial charge in [0.2, 0.25) is 5.88 Å². The molecule has 98 valence electrons. The lowest BCUT2D eigenvalue weighted by Gasteiger charge is -2.18. The van der Waals surface area contributed by atoms with Crippen molar-refractivity contribution in [2.75, 3.05) is 25.1 Å². The quantitative estimate of drug-likeness (QED) is 0.863. The van der Waals surface area contributed by atoms with E-state index in [1.807, 2.05) is 6.92 Å². The molecule has 6 heteroatoms. The fourth-order valence-electron chi connectivity index (χ4n) is 2.25. The summed E-state index contributed by atoms with van der Waals surface area (Å²) in [5, 5.41) is 8.79. The highest BCUT2D eigenvalue weighted by Gasteiger charge is 2.25. The third kappa shape index (κ3) is 2.88. The molecule has 0 saturated carbocycles. The van der Waals surface area contributed by atoms with Crippen molar-refractivity contribution in [3.8, 4) is 5.88 Å². The number of carboxylic acids is 1. The maximum Gasteiger partial charge on any atom is 0.303 e. The Morgan fingerprint density at radius 3 is 3.06 bits per heavy atom. The van der Waals surface area contributed by atoms with Crippen LogP contribution in [0.5, 0.6) is 5.88 Å². The number of carbonyl (C=O) groups is 1. The molecule has 0 bridgehead atoms. The van der Waals surface area contributed by atoms with E-state index >= 15 is 0 Å². The van der Waals surface area contributed by atoms with Crippen LogP contribution in [0.25, 0.3) is 0 Å². The molecule has 1 aromatic heterocycles. The average Bonchev–Trinajstić information content (AvgIpc) is 2.75. The van der Waals surface area contributed by atoms with Crippen molar-refractivity contribution in [3.63, 3.8) is 0 Å². The summed E-state index contributed by atoms with van der Waals surface area (Å²) < 4.78 is 5.11. The van der Waals surface area contributed by atoms with Gasteiger partial charge in [0.05, 0.1) is 7.11 Å². The van der Waals surface area contributed by atoms with Crippen LogP contribution in [0.1, 0.15) is 18.7 Å². The van der Waals surface area contributed by atoms with Crippen LogP contribution in [0.2, 0.25) is 0 Å². The SMILES string of the molecule is COc1cc(N2CCC(CC(=O)O)C2)nc(C)n1. The van der Waals surface area contributed by atoms with E-state index in [9.17, 15) is 4.79 Å². The van der Waals surface area contributed by atoms with Gasteiger partial charge in [-0.3, -0.25) is 4.79 Å². The van der Waals surface area contributed by atoms with E-state index in [0.717, 1.165) is 25.3 Å². The number of nitrogens with zero attached hydrogens (tertiary/aromatic N) is 3. The zero-order valence-corrected chi connectivity index (χ0v) is 10.6. The lowest BCUT2D eigenvalue weighted by molar-refractivity contribution is -0.137. The maximum absolute atomic E-state index is 10.7. The normalized spacial score (nSPS) is 19.0. The molecule has 2 rings (SSSR count). The summed E-state index contributed by atoms with van der Waals surface area (Å²) in [7, 11) is 1.57. The Morgan fingerprint density at radius 2 is 2.39 bits per heavy atom. The maximum atomic E-state index is 10.7. The van der Waals surface area contributed by atoms with Gasteiger partial charge in [0.15, 0.2) is 0 Å². The molecule has 0 aliphatic carbocycles. The number of carboxylic acid groups (broad SMARTS) is 1. The number of hydrogen-bond donors (Lipinski definition) is 1. The van der Waals surface area contributed by atoms with Crippen molar-refractivity contribution in [2.24, 2.45) is 5.92 Å². The van der Waals surface area contributed by atoms with Crippen molar-refractivity contribution >= 4 is 11.8 Å². The summed E-state index contributed by atoms with van der Waals surface area (Å²) in [6.07, 6.45) is 1.11. The lowest BCUT2D eigenvalue weighted by Crippen LogP contribution is -2.22. The number of hydrogen-bond acceptors (Lipinski definition) is 5. The third-order valence-corrected chi connectivity index (χ3v) is 3.08. The van der Waals surface area contributed by atoms with Crippen molar-refractivity contribution in [1.29, 1.82) is 0 Å². The molecule has 1 N–H and O–H groups in total. The number of ether oxygens (including phenoxy) is 1. The minimum Gasteiger partial charge on any atom is -0.481 e. The van der Waals surface area contributed by atoms with Crippen LogP contribution in [0, 0.1) is 12.8 Å². The highest BCUT2D eigenvalue weighted by atomic mass is 16.5. The predicted octanol–water partition coefficient (Wildman–Crippen LogP) is 1.09. The first-order chi connectivity index (χ1) is 8.58. The van der Waals surface area contributed by atoms with Crippen molar-refractivity contribution in [3.05, 3.63) is 11.9 Å². The second-order valence-corrected chi connectivity index (χ2v) is 4.51. The highest BCUT2D eigenvalue weighted by molar-refractivity contribution is 5.67. The molecule has 1 atom stereocenters. The van der Waals surface area contributed by atoms with Gasteiger partial charge in [0, 0.05) is 25.6 Å². The molecule has 2 heterocycles. The Balaban J connectivity index is 2.09. The predicted molar refractivity (Wildman–Crippen MR) is 65.9 cm³/mol. The smallest absolute Gasteiger partial charge is 0.303 e. The first kappa shape index (κ1) is 12.6. The van der Waals surface area contributed by atoms with Gasteiger partial charge in [-0.1, -0.05) is 0 Å². The van der Waals surface area contributed by atoms with E-state index in [-0.39, 0.29) is 12.3 Å². The molecule has 6 nitrogen and oxygen atoms in total. The van der Waals surface area contributed by atoms with Crippen LogP contribution < -0.4 is 9.64 Å². The average molecular weight is 251 g/mol. The van der Waals surface area contributed by atoms with E-state index in [1.54, 1.807) is 13.2 Å². The van der Waals surface area contributed by atoms with Crippen LogP contribution in [0.4, 0.5) is 5.82 Å². The van der Waals surface area contributed by atoms with E-state index in [0.29, 0.717) is 11.7 Å². The summed E-state index contributed by atoms with van der Waals surface area (Å²) in [5.41, 5.74) is 0. The van der Waals surface area contributed by atoms with Crippen LogP contribution in [0.15, 0.2) is 6.07 Å². The van der Waals surface area contributed by atoms with Gasteiger partial charge in [-0.05, 0) is 19.3 Å². The minimum absolute atomic E-state index is 0.198. The topological polar surface area (TPSA) is 75.5 Å². The Kier molecular flexibility index (Phi) is 3.64. The van der Waals surface area contributed by atoms with Crippen molar-refractivity contribution in [2.45, 2.75) is 19.8 Å². The summed E-state index contributed by atoms with van der Waals surface area (Å²) in [6, 6.07) is 1.79. The van der Waals surface area contributed by atoms with Gasteiger partial charge in [0.1, 0.15) is 11.6 Å². The summed E-state index contributed by atoms with van der Waals surface area (Å²) in [6.45, 7) is 3.38. The summed E-state index contributed by atoms with van der Waals surface area (Å²) >= 11 is 0. The number of aromatic nitrogens is 2. The van der Waals surface area contributed by atoms with E-state index < -0.39 is 5.97 Å². The zero-order valence-electron chi connectivity index (χ0n) is 10.6. The van der Waals surface area contributed by atoms with Crippen LogP contribution in [0.3, 0.4) is 0 Å². The molecule has 0 spiro atoms. The Hall–Kier alpha value is -1.85. The molecule has 0 aromatic carbocycles. The van der Waals surface area contributed by atoms with Gasteiger partial charge >= 0.3 is 5.97 Å². The number of rotatable bonds is 4. The summed E-state index contributed by atoms with van der Waals surface area (Å²) in [5.74, 6) is 1.47. The van der Waals surface area contributed by atoms with E-state index in [4.69, 9.17) is 9.84 Å². The molecular weight excluding hydrogens is 234 g/mol. The second-order valence-electron chi connectivity index (χ2n) is 4.51. The van der Waals surface area contributed by atoms with Gasteiger partial charge in [-0.2, -0.15) is 4.98 Å². The van der Waals surface area contributed by atoms with Gasteiger partial charge in [-0.15, -0.1) is 0 Å². The number of anilines is 1. The zero-order chi connectivity index (χ0) is 13.1. The fourth-order valence-corrected chi connectivity index (χ4v) is 2.25. The van der Waals surface area contributed by atoms with Crippen LogP contribution >= 0.6 is 0 Å². The first-order valence-corrected chi connectivity index (χ1v) is 5.95. The van der Waals surface area contributed by atoms with Crippen molar-refractivity contribution in [1.82, 2.24) is 9.97 Å². The van der Waals surface area contributed by atoms with Gasteiger partial charge in [0.25, 0.3) is 0 Å². The molecule has 1 aliphatic rings. The van der Waals surface area contributed by atoms with Crippen molar-refractivity contribution < 1.29 is 14.6 Å². The van der Waals surface area contributed by atoms with Crippen LogP contribution in [-0.2, 0) is 4.79 Å². The molecular formula is C12H17N3O3. The highest BCUT2D eigenvalue weighted by Crippen LogP contribution is 2.26.